The van der Waals surface area contributed by atoms with Crippen molar-refractivity contribution in [2.24, 2.45) is 0 Å². The molecule has 1 heterocycles. The highest BCUT2D eigenvalue weighted by Gasteiger charge is 2.25. The lowest BCUT2D eigenvalue weighted by Gasteiger charge is -2.09. The molecule has 1 atom stereocenters. The molecule has 0 bridgehead atoms. The van der Waals surface area contributed by atoms with Gasteiger partial charge in [-0.2, -0.15) is 0 Å². The van der Waals surface area contributed by atoms with Crippen molar-refractivity contribution in [2.75, 3.05) is 19.6 Å². The Morgan fingerprint density at radius 1 is 1.47 bits per heavy atom. The first-order valence-corrected chi connectivity index (χ1v) is 5.03. The van der Waals surface area contributed by atoms with Gasteiger partial charge < -0.3 is 0 Å². The van der Waals surface area contributed by atoms with Crippen LogP contribution in [0, 0.1) is 0 Å². The Hall–Kier alpha value is -1.27. The van der Waals surface area contributed by atoms with Gasteiger partial charge in [0.1, 0.15) is 13.1 Å². The molecule has 5 heteroatoms. The van der Waals surface area contributed by atoms with E-state index < -0.39 is 0 Å². The molecule has 1 aromatic carbocycles. The van der Waals surface area contributed by atoms with Gasteiger partial charge in [0.15, 0.2) is 6.54 Å². The van der Waals surface area contributed by atoms with E-state index in [0.717, 1.165) is 23.7 Å². The lowest BCUT2D eigenvalue weighted by molar-refractivity contribution is -0.948. The van der Waals surface area contributed by atoms with Crippen molar-refractivity contribution >= 4 is 5.78 Å². The fourth-order valence-corrected chi connectivity index (χ4v) is 1.65. The molecule has 2 rings (SSSR count). The van der Waals surface area contributed by atoms with E-state index in [4.69, 9.17) is 0 Å². The van der Waals surface area contributed by atoms with Crippen LogP contribution in [0.25, 0.3) is 0 Å². The maximum Gasteiger partial charge on any atom is 0.218 e. The number of nitrogens with one attached hydrogen (secondary N) is 2. The zero-order valence-electron chi connectivity index (χ0n) is 8.57. The molecule has 0 amide bonds. The molecule has 5 N–H and O–H groups in total. The number of Topliss-reactive ketones (excluding diaryl/α,β-unsaturated/α-hetero) is 1. The minimum Gasteiger partial charge on any atom is -0.288 e. The van der Waals surface area contributed by atoms with Crippen molar-refractivity contribution in [3.63, 3.8) is 0 Å². The zero-order chi connectivity index (χ0) is 10.7. The van der Waals surface area contributed by atoms with Crippen LogP contribution in [0.15, 0.2) is 30.3 Å². The van der Waals surface area contributed by atoms with Crippen LogP contribution < -0.4 is 16.4 Å². The van der Waals surface area contributed by atoms with Crippen LogP contribution in [0.5, 0.6) is 0 Å². The SMILES string of the molecule is [NH3+]N1CC[NH+](CC(=O)c2ccccc2)N1. The lowest BCUT2D eigenvalue weighted by atomic mass is 10.1. The van der Waals surface area contributed by atoms with E-state index in [2.05, 4.69) is 11.4 Å². The Labute approximate surface area is 88.4 Å². The van der Waals surface area contributed by atoms with Crippen molar-refractivity contribution in [2.45, 2.75) is 0 Å². The van der Waals surface area contributed by atoms with E-state index in [0.29, 0.717) is 6.54 Å². The third-order valence-corrected chi connectivity index (χ3v) is 2.47. The normalized spacial score (nSPS) is 21.8. The average molecular weight is 208 g/mol. The Bertz CT molecular complexity index is 341. The van der Waals surface area contributed by atoms with Gasteiger partial charge in [-0.1, -0.05) is 35.9 Å². The van der Waals surface area contributed by atoms with E-state index in [1.54, 1.807) is 5.12 Å². The van der Waals surface area contributed by atoms with Crippen LogP contribution in [0.4, 0.5) is 0 Å². The first-order chi connectivity index (χ1) is 7.25. The summed E-state index contributed by atoms with van der Waals surface area (Å²) in [6, 6.07) is 9.37. The Morgan fingerprint density at radius 3 is 2.80 bits per heavy atom. The first kappa shape index (κ1) is 10.3. The molecule has 0 saturated carbocycles. The topological polar surface area (TPSA) is 64.4 Å². The monoisotopic (exact) mass is 208 g/mol. The molecule has 0 aliphatic carbocycles. The van der Waals surface area contributed by atoms with E-state index in [9.17, 15) is 4.79 Å². The maximum absolute atomic E-state index is 11.8. The summed E-state index contributed by atoms with van der Waals surface area (Å²) in [5.41, 5.74) is 3.85. The molecule has 1 saturated heterocycles. The highest BCUT2D eigenvalue weighted by Crippen LogP contribution is 1.97. The quantitative estimate of drug-likeness (QED) is 0.487. The molecule has 1 fully saturated rings. The minimum absolute atomic E-state index is 0.161. The summed E-state index contributed by atoms with van der Waals surface area (Å²) in [6.07, 6.45) is 0. The highest BCUT2D eigenvalue weighted by molar-refractivity contribution is 5.96. The van der Waals surface area contributed by atoms with Crippen LogP contribution in [0.3, 0.4) is 0 Å². The van der Waals surface area contributed by atoms with Gasteiger partial charge in [-0.25, -0.2) is 5.01 Å². The third kappa shape index (κ3) is 2.60. The number of rotatable bonds is 3. The second-order valence-electron chi connectivity index (χ2n) is 3.69. The van der Waals surface area contributed by atoms with Gasteiger partial charge in [0.25, 0.3) is 0 Å². The fourth-order valence-electron chi connectivity index (χ4n) is 1.65. The summed E-state index contributed by atoms with van der Waals surface area (Å²) < 4.78 is 0. The lowest BCUT2D eigenvalue weighted by Crippen LogP contribution is -3.18. The molecule has 15 heavy (non-hydrogen) atoms. The van der Waals surface area contributed by atoms with Crippen LogP contribution in [0.1, 0.15) is 10.4 Å². The number of carbonyl (C=O) groups is 1. The van der Waals surface area contributed by atoms with Gasteiger partial charge in [0.05, 0.1) is 0 Å². The van der Waals surface area contributed by atoms with Crippen molar-refractivity contribution in [3.8, 4) is 0 Å². The summed E-state index contributed by atoms with van der Waals surface area (Å²) in [7, 11) is 0. The molecule has 0 spiro atoms. The van der Waals surface area contributed by atoms with Gasteiger partial charge in [0, 0.05) is 5.56 Å². The number of ketones is 1. The van der Waals surface area contributed by atoms with Crippen molar-refractivity contribution in [1.82, 2.24) is 10.7 Å². The molecule has 0 radical (unpaired) electrons. The van der Waals surface area contributed by atoms with Gasteiger partial charge in [-0.3, -0.25) is 10.6 Å². The molecule has 5 nitrogen and oxygen atoms in total. The van der Waals surface area contributed by atoms with Gasteiger partial charge >= 0.3 is 0 Å². The summed E-state index contributed by atoms with van der Waals surface area (Å²) in [5.74, 6) is 3.92. The largest absolute Gasteiger partial charge is 0.288 e. The minimum atomic E-state index is 0.161. The number of carbonyl (C=O) groups excluding carboxylic acids is 1. The average Bonchev–Trinajstić information content (AvgIpc) is 2.65. The molecule has 1 aliphatic heterocycles. The molecule has 0 aromatic heterocycles. The van der Waals surface area contributed by atoms with Gasteiger partial charge in [-0.15, -0.1) is 0 Å². The number of benzene rings is 1. The molecule has 1 aliphatic rings. The fraction of sp³-hybridized carbons (Fsp3) is 0.300. The first-order valence-electron chi connectivity index (χ1n) is 5.03. The third-order valence-electron chi connectivity index (χ3n) is 2.47. The zero-order valence-corrected chi connectivity index (χ0v) is 8.57. The van der Waals surface area contributed by atoms with E-state index >= 15 is 0 Å². The summed E-state index contributed by atoms with van der Waals surface area (Å²) >= 11 is 0. The predicted octanol–water partition coefficient (Wildman–Crippen LogP) is -2.35. The van der Waals surface area contributed by atoms with Gasteiger partial charge in [-0.05, 0) is 5.12 Å². The summed E-state index contributed by atoms with van der Waals surface area (Å²) in [5, 5.41) is 2.81. The predicted molar refractivity (Wildman–Crippen MR) is 54.2 cm³/mol. The maximum atomic E-state index is 11.8. The summed E-state index contributed by atoms with van der Waals surface area (Å²) in [6.45, 7) is 2.25. The van der Waals surface area contributed by atoms with E-state index in [1.807, 2.05) is 30.3 Å². The number of nitrogens with zero attached hydrogens (tertiary/aromatic N) is 1. The van der Waals surface area contributed by atoms with E-state index in [-0.39, 0.29) is 5.78 Å². The molecule has 1 aromatic rings. The standard InChI is InChI=1S/C10H14N4O/c11-14-7-6-13(12-14)8-10(15)9-4-2-1-3-5-9/h1-5,12H,6-8,11H2/p+2. The van der Waals surface area contributed by atoms with E-state index in [1.165, 1.54) is 0 Å². The van der Waals surface area contributed by atoms with Crippen molar-refractivity contribution in [1.29, 1.82) is 0 Å². The van der Waals surface area contributed by atoms with Crippen molar-refractivity contribution in [3.05, 3.63) is 35.9 Å². The number of hydrazine groups is 1. The smallest absolute Gasteiger partial charge is 0.218 e. The van der Waals surface area contributed by atoms with Crippen LogP contribution in [-0.2, 0) is 0 Å². The summed E-state index contributed by atoms with van der Waals surface area (Å²) in [4.78, 5) is 11.8. The second kappa shape index (κ2) is 4.50. The number of hydrogen-bond donors (Lipinski definition) is 3. The van der Waals surface area contributed by atoms with Crippen LogP contribution in [0.2, 0.25) is 0 Å². The molecule has 80 valence electrons. The number of hydrogen-bond acceptors (Lipinski definition) is 3. The highest BCUT2D eigenvalue weighted by atomic mass is 16.1. The van der Waals surface area contributed by atoms with Gasteiger partial charge in [0.2, 0.25) is 5.78 Å². The molecular weight excluding hydrogens is 192 g/mol. The second-order valence-corrected chi connectivity index (χ2v) is 3.69. The molecule has 1 unspecified atom stereocenters. The van der Waals surface area contributed by atoms with Crippen LogP contribution in [-0.4, -0.2) is 30.5 Å². The van der Waals surface area contributed by atoms with Crippen molar-refractivity contribution < 1.29 is 15.6 Å². The van der Waals surface area contributed by atoms with Crippen LogP contribution >= 0.6 is 0 Å². The Kier molecular flexibility index (Phi) is 3.08. The molecular formula is C10H16N4O+2. The Balaban J connectivity index is 1.93. The Morgan fingerprint density at radius 2 is 2.20 bits per heavy atom. The number of quaternary nitrogens is 2.